The monoisotopic (exact) mass is 251 g/mol. The predicted octanol–water partition coefficient (Wildman–Crippen LogP) is 3.89. The summed E-state index contributed by atoms with van der Waals surface area (Å²) in [7, 11) is 0. The highest BCUT2D eigenvalue weighted by atomic mass is 16.3. The van der Waals surface area contributed by atoms with Crippen molar-refractivity contribution < 1.29 is 9.52 Å². The molecule has 3 N–H and O–H groups in total. The minimum atomic E-state index is 0.205. The van der Waals surface area contributed by atoms with Gasteiger partial charge in [-0.05, 0) is 42.0 Å². The van der Waals surface area contributed by atoms with Crippen LogP contribution in [0.15, 0.2) is 52.9 Å². The standard InChI is InChI=1S/C16H13NO2/c17-13-5-1-11(2-6-13)3-8-15-9-12-4-7-14(18)10-16(12)19-15/h1-10,18H,17H2/b8-3+. The Balaban J connectivity index is 1.90. The van der Waals surface area contributed by atoms with Gasteiger partial charge >= 0.3 is 0 Å². The van der Waals surface area contributed by atoms with Crippen molar-refractivity contribution in [1.29, 1.82) is 0 Å². The summed E-state index contributed by atoms with van der Waals surface area (Å²) in [5.74, 6) is 0.952. The van der Waals surface area contributed by atoms with E-state index in [1.54, 1.807) is 12.1 Å². The Kier molecular flexibility index (Phi) is 2.72. The van der Waals surface area contributed by atoms with Gasteiger partial charge in [0.25, 0.3) is 0 Å². The SMILES string of the molecule is Nc1ccc(/C=C/c2cc3ccc(O)cc3o2)cc1. The Hall–Kier alpha value is -2.68. The van der Waals surface area contributed by atoms with Crippen LogP contribution in [0.5, 0.6) is 5.75 Å². The summed E-state index contributed by atoms with van der Waals surface area (Å²) in [6, 6.07) is 14.6. The number of rotatable bonds is 2. The van der Waals surface area contributed by atoms with Crippen LogP contribution < -0.4 is 5.73 Å². The van der Waals surface area contributed by atoms with E-state index in [-0.39, 0.29) is 5.75 Å². The van der Waals surface area contributed by atoms with Crippen molar-refractivity contribution in [2.45, 2.75) is 0 Å². The van der Waals surface area contributed by atoms with Crippen molar-refractivity contribution in [3.63, 3.8) is 0 Å². The summed E-state index contributed by atoms with van der Waals surface area (Å²) < 4.78 is 5.62. The van der Waals surface area contributed by atoms with Gasteiger partial charge < -0.3 is 15.3 Å². The Bertz CT molecular complexity index is 739. The molecule has 3 nitrogen and oxygen atoms in total. The van der Waals surface area contributed by atoms with Crippen LogP contribution in [0.3, 0.4) is 0 Å². The average Bonchev–Trinajstić information content (AvgIpc) is 2.80. The molecule has 3 rings (SSSR count). The number of nitrogen functional groups attached to an aromatic ring is 1. The lowest BCUT2D eigenvalue weighted by Gasteiger charge is -1.93. The van der Waals surface area contributed by atoms with Crippen LogP contribution in [-0.2, 0) is 0 Å². The Morgan fingerprint density at radius 2 is 1.74 bits per heavy atom. The molecule has 0 saturated heterocycles. The van der Waals surface area contributed by atoms with Gasteiger partial charge in [-0.15, -0.1) is 0 Å². The topological polar surface area (TPSA) is 59.4 Å². The number of phenols is 1. The maximum Gasteiger partial charge on any atom is 0.138 e. The molecule has 0 aliphatic carbocycles. The molecule has 0 atom stereocenters. The fourth-order valence-corrected chi connectivity index (χ4v) is 1.91. The zero-order valence-electron chi connectivity index (χ0n) is 10.2. The lowest BCUT2D eigenvalue weighted by atomic mass is 10.2. The maximum absolute atomic E-state index is 9.38. The summed E-state index contributed by atoms with van der Waals surface area (Å²) >= 11 is 0. The summed E-state index contributed by atoms with van der Waals surface area (Å²) in [6.07, 6.45) is 3.85. The molecule has 0 amide bonds. The molecule has 0 spiro atoms. The number of furan rings is 1. The number of hydrogen-bond donors (Lipinski definition) is 2. The van der Waals surface area contributed by atoms with Crippen molar-refractivity contribution in [3.8, 4) is 5.75 Å². The molecule has 3 aromatic rings. The molecule has 94 valence electrons. The number of benzene rings is 2. The van der Waals surface area contributed by atoms with E-state index in [0.29, 0.717) is 5.58 Å². The lowest BCUT2D eigenvalue weighted by Crippen LogP contribution is -1.82. The second-order valence-corrected chi connectivity index (χ2v) is 4.37. The number of anilines is 1. The van der Waals surface area contributed by atoms with E-state index in [1.807, 2.05) is 48.6 Å². The van der Waals surface area contributed by atoms with E-state index in [1.165, 1.54) is 0 Å². The van der Waals surface area contributed by atoms with Crippen LogP contribution in [0.4, 0.5) is 5.69 Å². The first-order chi connectivity index (χ1) is 9.20. The van der Waals surface area contributed by atoms with Gasteiger partial charge in [-0.2, -0.15) is 0 Å². The molecule has 0 radical (unpaired) electrons. The van der Waals surface area contributed by atoms with Gasteiger partial charge in [0.1, 0.15) is 17.1 Å². The van der Waals surface area contributed by atoms with Crippen LogP contribution in [0.25, 0.3) is 23.1 Å². The van der Waals surface area contributed by atoms with Gasteiger partial charge in [-0.3, -0.25) is 0 Å². The van der Waals surface area contributed by atoms with Crippen molar-refractivity contribution >= 4 is 28.8 Å². The van der Waals surface area contributed by atoms with Crippen LogP contribution in [-0.4, -0.2) is 5.11 Å². The quantitative estimate of drug-likeness (QED) is 0.679. The molecular weight excluding hydrogens is 238 g/mol. The first-order valence-electron chi connectivity index (χ1n) is 5.97. The molecule has 2 aromatic carbocycles. The Morgan fingerprint density at radius 3 is 2.53 bits per heavy atom. The molecule has 0 aliphatic heterocycles. The normalized spacial score (nSPS) is 11.4. The number of nitrogens with two attached hydrogens (primary N) is 1. The van der Waals surface area contributed by atoms with E-state index < -0.39 is 0 Å². The minimum absolute atomic E-state index is 0.205. The fourth-order valence-electron chi connectivity index (χ4n) is 1.91. The highest BCUT2D eigenvalue weighted by molar-refractivity contribution is 5.82. The Morgan fingerprint density at radius 1 is 0.947 bits per heavy atom. The smallest absolute Gasteiger partial charge is 0.138 e. The maximum atomic E-state index is 9.38. The zero-order valence-corrected chi connectivity index (χ0v) is 10.2. The molecular formula is C16H13NO2. The van der Waals surface area contributed by atoms with Gasteiger partial charge in [0, 0.05) is 17.1 Å². The number of hydrogen-bond acceptors (Lipinski definition) is 3. The van der Waals surface area contributed by atoms with Gasteiger partial charge in [0.15, 0.2) is 0 Å². The molecule has 0 aliphatic rings. The van der Waals surface area contributed by atoms with Gasteiger partial charge in [0.2, 0.25) is 0 Å². The van der Waals surface area contributed by atoms with Crippen molar-refractivity contribution in [3.05, 3.63) is 59.9 Å². The van der Waals surface area contributed by atoms with Crippen LogP contribution in [0.2, 0.25) is 0 Å². The third-order valence-corrected chi connectivity index (χ3v) is 2.90. The van der Waals surface area contributed by atoms with E-state index in [2.05, 4.69) is 0 Å². The van der Waals surface area contributed by atoms with Gasteiger partial charge in [0.05, 0.1) is 0 Å². The molecule has 3 heteroatoms. The molecule has 0 bridgehead atoms. The lowest BCUT2D eigenvalue weighted by molar-refractivity contribution is 0.474. The minimum Gasteiger partial charge on any atom is -0.508 e. The van der Waals surface area contributed by atoms with E-state index in [9.17, 15) is 5.11 Å². The number of phenolic OH excluding ortho intramolecular Hbond substituents is 1. The first kappa shape index (κ1) is 11.4. The second-order valence-electron chi connectivity index (χ2n) is 4.37. The molecule has 1 aromatic heterocycles. The predicted molar refractivity (Wildman–Crippen MR) is 77.7 cm³/mol. The van der Waals surface area contributed by atoms with Crippen LogP contribution >= 0.6 is 0 Å². The fraction of sp³-hybridized carbons (Fsp3) is 0. The number of aromatic hydroxyl groups is 1. The van der Waals surface area contributed by atoms with Crippen LogP contribution in [0.1, 0.15) is 11.3 Å². The van der Waals surface area contributed by atoms with Crippen molar-refractivity contribution in [2.24, 2.45) is 0 Å². The summed E-state index contributed by atoms with van der Waals surface area (Å²) in [5, 5.41) is 10.4. The van der Waals surface area contributed by atoms with Crippen molar-refractivity contribution in [2.75, 3.05) is 5.73 Å². The molecule has 0 unspecified atom stereocenters. The summed E-state index contributed by atoms with van der Waals surface area (Å²) in [5.41, 5.74) is 8.11. The third kappa shape index (κ3) is 2.45. The van der Waals surface area contributed by atoms with Crippen LogP contribution in [0, 0.1) is 0 Å². The van der Waals surface area contributed by atoms with E-state index in [0.717, 1.165) is 22.4 Å². The molecule has 0 fully saturated rings. The average molecular weight is 251 g/mol. The molecule has 19 heavy (non-hydrogen) atoms. The third-order valence-electron chi connectivity index (χ3n) is 2.90. The highest BCUT2D eigenvalue weighted by Gasteiger charge is 2.01. The summed E-state index contributed by atoms with van der Waals surface area (Å²) in [6.45, 7) is 0. The van der Waals surface area contributed by atoms with Gasteiger partial charge in [-0.1, -0.05) is 18.2 Å². The Labute approximate surface area is 110 Å². The van der Waals surface area contributed by atoms with E-state index in [4.69, 9.17) is 10.2 Å². The zero-order chi connectivity index (χ0) is 13.2. The summed E-state index contributed by atoms with van der Waals surface area (Å²) in [4.78, 5) is 0. The second kappa shape index (κ2) is 4.53. The van der Waals surface area contributed by atoms with Crippen molar-refractivity contribution in [1.82, 2.24) is 0 Å². The molecule has 0 saturated carbocycles. The first-order valence-corrected chi connectivity index (χ1v) is 5.97. The van der Waals surface area contributed by atoms with E-state index >= 15 is 0 Å². The number of fused-ring (bicyclic) bond motifs is 1. The largest absolute Gasteiger partial charge is 0.508 e. The van der Waals surface area contributed by atoms with Gasteiger partial charge in [-0.25, -0.2) is 0 Å². The molecule has 1 heterocycles. The highest BCUT2D eigenvalue weighted by Crippen LogP contribution is 2.24.